The van der Waals surface area contributed by atoms with Crippen molar-refractivity contribution in [3.05, 3.63) is 23.7 Å². The van der Waals surface area contributed by atoms with Crippen molar-refractivity contribution in [2.75, 3.05) is 13.1 Å². The second kappa shape index (κ2) is 10.2. The van der Waals surface area contributed by atoms with Gasteiger partial charge in [0.25, 0.3) is 0 Å². The first kappa shape index (κ1) is 21.4. The average Bonchev–Trinajstić information content (AvgIpc) is 2.40. The highest BCUT2D eigenvalue weighted by molar-refractivity contribution is 5.94. The summed E-state index contributed by atoms with van der Waals surface area (Å²) in [6.07, 6.45) is 3.61. The minimum Gasteiger partial charge on any atom is -0.402 e. The Morgan fingerprint density at radius 3 is 2.43 bits per heavy atom. The van der Waals surface area contributed by atoms with Crippen LogP contribution in [0.3, 0.4) is 0 Å². The summed E-state index contributed by atoms with van der Waals surface area (Å²) >= 11 is 0. The number of allylic oxidation sites excluding steroid dienone is 2. The lowest BCUT2D eigenvalue weighted by Crippen LogP contribution is -2.34. The van der Waals surface area contributed by atoms with Crippen LogP contribution in [0.5, 0.6) is 0 Å². The third-order valence-electron chi connectivity index (χ3n) is 3.05. The van der Waals surface area contributed by atoms with Crippen molar-refractivity contribution in [1.82, 2.24) is 5.01 Å². The summed E-state index contributed by atoms with van der Waals surface area (Å²) in [5.41, 5.74) is 17.3. The molecule has 0 aromatic rings. The topological polar surface area (TPSA) is 124 Å². The van der Waals surface area contributed by atoms with E-state index in [1.54, 1.807) is 6.08 Å². The number of alkyl halides is 1. The molecule has 1 unspecified atom stereocenters. The van der Waals surface area contributed by atoms with Gasteiger partial charge in [0.05, 0.1) is 12.2 Å². The van der Waals surface area contributed by atoms with E-state index in [1.165, 1.54) is 6.20 Å². The lowest BCUT2D eigenvalue weighted by Gasteiger charge is -2.19. The van der Waals surface area contributed by atoms with E-state index in [2.05, 4.69) is 0 Å². The SMILES string of the molecule is CC(C)(C)CC(=O)/C(N)=C/N(N)CC(F)CC/C(N)=C/CCN. The van der Waals surface area contributed by atoms with Crippen LogP contribution in [0.2, 0.25) is 0 Å². The standard InChI is InChI=1S/C16H32FN5O/c1-16(2,3)9-15(23)14(20)11-22(21)10-12(17)6-7-13(19)5-4-8-18/h5,11-12H,4,6-10,18-21H2,1-3H3/b13-5-,14-11-. The van der Waals surface area contributed by atoms with Crippen LogP contribution in [0, 0.1) is 5.41 Å². The fourth-order valence-corrected chi connectivity index (χ4v) is 1.90. The van der Waals surface area contributed by atoms with Gasteiger partial charge >= 0.3 is 0 Å². The summed E-state index contributed by atoms with van der Waals surface area (Å²) in [5, 5.41) is 1.11. The highest BCUT2D eigenvalue weighted by atomic mass is 19.1. The first-order valence-corrected chi connectivity index (χ1v) is 7.85. The van der Waals surface area contributed by atoms with Crippen molar-refractivity contribution in [2.24, 2.45) is 28.5 Å². The number of hydrazine groups is 1. The van der Waals surface area contributed by atoms with E-state index in [4.69, 9.17) is 23.0 Å². The Balaban J connectivity index is 4.33. The van der Waals surface area contributed by atoms with E-state index in [1.807, 2.05) is 20.8 Å². The molecule has 0 aromatic carbocycles. The molecule has 0 amide bonds. The molecular weight excluding hydrogens is 297 g/mol. The molecule has 8 N–H and O–H groups in total. The molecule has 23 heavy (non-hydrogen) atoms. The number of Topliss-reactive ketones (excluding diaryl/α,β-unsaturated/α-hetero) is 1. The number of carbonyl (C=O) groups excluding carboxylic acids is 1. The van der Waals surface area contributed by atoms with Gasteiger partial charge in [0.2, 0.25) is 0 Å². The van der Waals surface area contributed by atoms with Gasteiger partial charge in [-0.1, -0.05) is 26.8 Å². The predicted molar refractivity (Wildman–Crippen MR) is 92.3 cm³/mol. The van der Waals surface area contributed by atoms with Gasteiger partial charge in [-0.15, -0.1) is 0 Å². The molecule has 0 fully saturated rings. The molecule has 134 valence electrons. The van der Waals surface area contributed by atoms with Crippen LogP contribution in [0.15, 0.2) is 23.7 Å². The van der Waals surface area contributed by atoms with Gasteiger partial charge in [0, 0.05) is 18.3 Å². The summed E-state index contributed by atoms with van der Waals surface area (Å²) in [4.78, 5) is 11.9. The van der Waals surface area contributed by atoms with Gasteiger partial charge in [-0.05, 0) is 31.2 Å². The molecule has 0 saturated heterocycles. The van der Waals surface area contributed by atoms with Crippen molar-refractivity contribution in [3.8, 4) is 0 Å². The van der Waals surface area contributed by atoms with Gasteiger partial charge in [-0.2, -0.15) is 0 Å². The number of hydrogen-bond acceptors (Lipinski definition) is 6. The Morgan fingerprint density at radius 1 is 1.30 bits per heavy atom. The minimum absolute atomic E-state index is 0.0389. The van der Waals surface area contributed by atoms with Crippen molar-refractivity contribution >= 4 is 5.78 Å². The quantitative estimate of drug-likeness (QED) is 0.272. The molecule has 0 aliphatic carbocycles. The molecule has 0 rings (SSSR count). The second-order valence-corrected chi connectivity index (χ2v) is 6.93. The molecule has 7 heteroatoms. The van der Waals surface area contributed by atoms with E-state index in [0.717, 1.165) is 5.01 Å². The van der Waals surface area contributed by atoms with E-state index in [9.17, 15) is 9.18 Å². The molecule has 0 aliphatic heterocycles. The first-order valence-electron chi connectivity index (χ1n) is 7.85. The summed E-state index contributed by atoms with van der Waals surface area (Å²) < 4.78 is 13.9. The van der Waals surface area contributed by atoms with Gasteiger partial charge in [0.1, 0.15) is 6.17 Å². The highest BCUT2D eigenvalue weighted by Crippen LogP contribution is 2.20. The Kier molecular flexibility index (Phi) is 9.52. The van der Waals surface area contributed by atoms with Crippen LogP contribution in [-0.2, 0) is 4.79 Å². The molecule has 0 aromatic heterocycles. The second-order valence-electron chi connectivity index (χ2n) is 6.93. The molecular formula is C16H32FN5O. The van der Waals surface area contributed by atoms with Crippen LogP contribution in [0.1, 0.15) is 46.5 Å². The maximum absolute atomic E-state index is 13.9. The largest absolute Gasteiger partial charge is 0.402 e. The fourth-order valence-electron chi connectivity index (χ4n) is 1.90. The van der Waals surface area contributed by atoms with E-state index < -0.39 is 6.17 Å². The summed E-state index contributed by atoms with van der Waals surface area (Å²) in [6.45, 7) is 6.30. The van der Waals surface area contributed by atoms with E-state index >= 15 is 0 Å². The van der Waals surface area contributed by atoms with Gasteiger partial charge in [-0.25, -0.2) is 10.2 Å². The summed E-state index contributed by atoms with van der Waals surface area (Å²) in [6, 6.07) is 0. The predicted octanol–water partition coefficient (Wildman–Crippen LogP) is 1.28. The Labute approximate surface area is 138 Å². The number of carbonyl (C=O) groups is 1. The summed E-state index contributed by atoms with van der Waals surface area (Å²) in [5.74, 6) is 5.49. The number of halogens is 1. The highest BCUT2D eigenvalue weighted by Gasteiger charge is 2.18. The molecule has 1 atom stereocenters. The van der Waals surface area contributed by atoms with Crippen LogP contribution >= 0.6 is 0 Å². The molecule has 0 spiro atoms. The third-order valence-corrected chi connectivity index (χ3v) is 3.05. The van der Waals surface area contributed by atoms with Crippen LogP contribution < -0.4 is 23.0 Å². The molecule has 0 heterocycles. The normalized spacial score (nSPS) is 14.7. The van der Waals surface area contributed by atoms with Crippen molar-refractivity contribution in [3.63, 3.8) is 0 Å². The number of nitrogens with two attached hydrogens (primary N) is 4. The fraction of sp³-hybridized carbons (Fsp3) is 0.688. The number of ketones is 1. The van der Waals surface area contributed by atoms with Crippen molar-refractivity contribution in [2.45, 2.75) is 52.6 Å². The minimum atomic E-state index is -1.16. The average molecular weight is 329 g/mol. The van der Waals surface area contributed by atoms with Crippen LogP contribution in [-0.4, -0.2) is 30.1 Å². The van der Waals surface area contributed by atoms with Gasteiger partial charge in [-0.3, -0.25) is 4.79 Å². The Hall–Kier alpha value is -1.60. The monoisotopic (exact) mass is 329 g/mol. The number of nitrogens with zero attached hydrogens (tertiary/aromatic N) is 1. The number of hydrogen-bond donors (Lipinski definition) is 4. The van der Waals surface area contributed by atoms with Crippen LogP contribution in [0.4, 0.5) is 4.39 Å². The van der Waals surface area contributed by atoms with Crippen LogP contribution in [0.25, 0.3) is 0 Å². The molecule has 0 bridgehead atoms. The lowest BCUT2D eigenvalue weighted by atomic mass is 9.89. The van der Waals surface area contributed by atoms with Gasteiger partial charge in [0.15, 0.2) is 5.78 Å². The molecule has 0 saturated carbocycles. The molecule has 0 aliphatic rings. The summed E-state index contributed by atoms with van der Waals surface area (Å²) in [7, 11) is 0. The third kappa shape index (κ3) is 11.6. The lowest BCUT2D eigenvalue weighted by molar-refractivity contribution is -0.117. The number of rotatable bonds is 10. The Bertz CT molecular complexity index is 429. The molecule has 0 radical (unpaired) electrons. The van der Waals surface area contributed by atoms with E-state index in [-0.39, 0.29) is 29.9 Å². The zero-order chi connectivity index (χ0) is 18.0. The maximum Gasteiger partial charge on any atom is 0.180 e. The van der Waals surface area contributed by atoms with Crippen molar-refractivity contribution in [1.29, 1.82) is 0 Å². The first-order chi connectivity index (χ1) is 10.5. The Morgan fingerprint density at radius 2 is 1.91 bits per heavy atom. The molecule has 6 nitrogen and oxygen atoms in total. The smallest absolute Gasteiger partial charge is 0.180 e. The van der Waals surface area contributed by atoms with Gasteiger partial charge < -0.3 is 22.2 Å². The van der Waals surface area contributed by atoms with Crippen molar-refractivity contribution < 1.29 is 9.18 Å². The van der Waals surface area contributed by atoms with E-state index in [0.29, 0.717) is 31.5 Å². The zero-order valence-electron chi connectivity index (χ0n) is 14.5. The zero-order valence-corrected chi connectivity index (χ0v) is 14.5. The maximum atomic E-state index is 13.9.